The third kappa shape index (κ3) is 3.96. The second-order valence-corrected chi connectivity index (χ2v) is 12.2. The fraction of sp³-hybridized carbons (Fsp3) is 0.538. The van der Waals surface area contributed by atoms with E-state index in [0.29, 0.717) is 4.90 Å². The Bertz CT molecular complexity index is 640. The van der Waals surface area contributed by atoms with Crippen LogP contribution in [0.1, 0.15) is 20.8 Å². The summed E-state index contributed by atoms with van der Waals surface area (Å²) in [7, 11) is -2.70. The van der Waals surface area contributed by atoms with Crippen molar-refractivity contribution in [2.75, 3.05) is 19.6 Å². The van der Waals surface area contributed by atoms with Crippen LogP contribution in [-0.2, 0) is 9.92 Å². The molecule has 8 heteroatoms. The minimum Gasteiger partial charge on any atom is -0.258 e. The first-order chi connectivity index (χ1) is 9.43. The maximum absolute atomic E-state index is 13.1. The van der Waals surface area contributed by atoms with Gasteiger partial charge in [-0.3, -0.25) is 10.1 Å². The van der Waals surface area contributed by atoms with Crippen LogP contribution >= 0.6 is 10.2 Å². The van der Waals surface area contributed by atoms with Crippen LogP contribution in [-0.4, -0.2) is 33.4 Å². The van der Waals surface area contributed by atoms with Gasteiger partial charge in [-0.25, -0.2) is 8.93 Å². The van der Waals surface area contributed by atoms with Crippen molar-refractivity contribution < 1.29 is 9.13 Å². The largest absolute Gasteiger partial charge is 0.269 e. The topological polar surface area (TPSA) is 84.6 Å². The molecule has 1 atom stereocenters. The van der Waals surface area contributed by atoms with Crippen LogP contribution < -0.4 is 4.72 Å². The number of benzene rings is 1. The van der Waals surface area contributed by atoms with Crippen LogP contribution in [0.2, 0.25) is 0 Å². The van der Waals surface area contributed by atoms with Gasteiger partial charge >= 0.3 is 0 Å². The third-order valence-electron chi connectivity index (χ3n) is 3.43. The zero-order chi connectivity index (χ0) is 16.5. The average Bonchev–Trinajstić information content (AvgIpc) is 2.37. The minimum atomic E-state index is -2.80. The Morgan fingerprint density at radius 1 is 1.19 bits per heavy atom. The van der Waals surface area contributed by atoms with Gasteiger partial charge in [0.15, 0.2) is 0 Å². The van der Waals surface area contributed by atoms with E-state index in [2.05, 4.69) is 29.3 Å². The Balaban J connectivity index is 3.40. The normalized spacial score (nSPS) is 16.1. The second-order valence-electron chi connectivity index (χ2n) is 5.94. The highest BCUT2D eigenvalue weighted by Crippen LogP contribution is 2.55. The molecule has 0 aromatic heterocycles. The van der Waals surface area contributed by atoms with Crippen LogP contribution in [0, 0.1) is 10.1 Å². The van der Waals surface area contributed by atoms with Crippen LogP contribution in [0.3, 0.4) is 0 Å². The predicted octanol–water partition coefficient (Wildman–Crippen LogP) is 3.33. The molecule has 1 rings (SSSR count). The Labute approximate surface area is 128 Å². The summed E-state index contributed by atoms with van der Waals surface area (Å²) in [5.41, 5.74) is -0.0287. The van der Waals surface area contributed by atoms with E-state index in [4.69, 9.17) is 0 Å². The van der Waals surface area contributed by atoms with Crippen molar-refractivity contribution in [3.63, 3.8) is 0 Å². The summed E-state index contributed by atoms with van der Waals surface area (Å²) in [6, 6.07) is 5.69. The highest BCUT2D eigenvalue weighted by Gasteiger charge is 2.30. The molecule has 1 aromatic carbocycles. The molecule has 0 aliphatic heterocycles. The summed E-state index contributed by atoms with van der Waals surface area (Å²) in [6.07, 6.45) is 4.02. The van der Waals surface area contributed by atoms with Crippen LogP contribution in [0.25, 0.3) is 0 Å². The number of hydrogen-bond acceptors (Lipinski definition) is 4. The van der Waals surface area contributed by atoms with Crippen molar-refractivity contribution in [2.24, 2.45) is 3.77 Å². The lowest BCUT2D eigenvalue weighted by Crippen LogP contribution is -2.26. The van der Waals surface area contributed by atoms with Crippen molar-refractivity contribution in [3.05, 3.63) is 34.4 Å². The highest BCUT2D eigenvalue weighted by molar-refractivity contribution is 8.35. The summed E-state index contributed by atoms with van der Waals surface area (Å²) < 4.78 is 20.4. The van der Waals surface area contributed by atoms with Crippen LogP contribution in [0.4, 0.5) is 5.69 Å². The third-order valence-corrected chi connectivity index (χ3v) is 10.2. The Kier molecular flexibility index (Phi) is 5.07. The molecule has 0 amide bonds. The zero-order valence-electron chi connectivity index (χ0n) is 13.2. The molecular formula is C13H23N3O3S2. The van der Waals surface area contributed by atoms with Gasteiger partial charge in [0.05, 0.1) is 9.82 Å². The first kappa shape index (κ1) is 17.9. The number of nitro benzene ring substituents is 1. The molecule has 1 N–H and O–H groups in total. The van der Waals surface area contributed by atoms with Gasteiger partial charge in [-0.1, -0.05) is 20.8 Å². The van der Waals surface area contributed by atoms with E-state index in [9.17, 15) is 14.3 Å². The fourth-order valence-corrected chi connectivity index (χ4v) is 5.70. The molecule has 0 radical (unpaired) electrons. The summed E-state index contributed by atoms with van der Waals surface area (Å²) in [5.74, 6) is 0. The molecule has 0 fully saturated rings. The molecule has 0 aliphatic rings. The molecule has 0 saturated carbocycles. The molecule has 0 saturated heterocycles. The van der Waals surface area contributed by atoms with Gasteiger partial charge in [-0.05, 0) is 31.7 Å². The maximum atomic E-state index is 13.1. The molecular weight excluding hydrogens is 310 g/mol. The molecule has 1 unspecified atom stereocenters. The van der Waals surface area contributed by atoms with Gasteiger partial charge in [-0.15, -0.1) is 10.2 Å². The average molecular weight is 333 g/mol. The SMILES string of the molecule is CNS(=O)(=NS(C)(C)C(C)(C)C)c1ccc([N+](=O)[O-])cc1. The van der Waals surface area contributed by atoms with Crippen molar-refractivity contribution in [1.82, 2.24) is 4.72 Å². The number of hydrogen-bond donors (Lipinski definition) is 1. The van der Waals surface area contributed by atoms with Gasteiger partial charge in [0.1, 0.15) is 9.92 Å². The first-order valence-electron chi connectivity index (χ1n) is 6.37. The molecule has 0 heterocycles. The minimum absolute atomic E-state index is 0.0287. The van der Waals surface area contributed by atoms with E-state index in [-0.39, 0.29) is 10.4 Å². The molecule has 21 heavy (non-hydrogen) atoms. The van der Waals surface area contributed by atoms with E-state index in [1.54, 1.807) is 7.05 Å². The van der Waals surface area contributed by atoms with Crippen molar-refractivity contribution in [2.45, 2.75) is 30.4 Å². The first-order valence-corrected chi connectivity index (χ1v) is 10.3. The lowest BCUT2D eigenvalue weighted by molar-refractivity contribution is -0.384. The summed E-state index contributed by atoms with van der Waals surface area (Å²) in [5, 5.41) is 10.7. The zero-order valence-corrected chi connectivity index (χ0v) is 14.9. The summed E-state index contributed by atoms with van der Waals surface area (Å²) >= 11 is 0. The van der Waals surface area contributed by atoms with E-state index < -0.39 is 25.1 Å². The van der Waals surface area contributed by atoms with Gasteiger partial charge in [0.2, 0.25) is 0 Å². The highest BCUT2D eigenvalue weighted by atomic mass is 32.3. The number of nitro groups is 1. The van der Waals surface area contributed by atoms with Gasteiger partial charge in [0.25, 0.3) is 5.69 Å². The van der Waals surface area contributed by atoms with Crippen molar-refractivity contribution in [3.8, 4) is 0 Å². The number of nitrogens with zero attached hydrogens (tertiary/aromatic N) is 2. The summed E-state index contributed by atoms with van der Waals surface area (Å²) in [6.45, 7) is 6.20. The Morgan fingerprint density at radius 2 is 1.67 bits per heavy atom. The van der Waals surface area contributed by atoms with E-state index >= 15 is 0 Å². The van der Waals surface area contributed by atoms with E-state index in [0.717, 1.165) is 0 Å². The van der Waals surface area contributed by atoms with Gasteiger partial charge < -0.3 is 0 Å². The second kappa shape index (κ2) is 5.94. The van der Waals surface area contributed by atoms with E-state index in [1.165, 1.54) is 24.3 Å². The lowest BCUT2D eigenvalue weighted by atomic mass is 10.3. The van der Waals surface area contributed by atoms with Gasteiger partial charge in [0, 0.05) is 16.9 Å². The predicted molar refractivity (Wildman–Crippen MR) is 90.2 cm³/mol. The molecule has 6 nitrogen and oxygen atoms in total. The smallest absolute Gasteiger partial charge is 0.258 e. The lowest BCUT2D eigenvalue weighted by Gasteiger charge is -2.40. The van der Waals surface area contributed by atoms with Crippen molar-refractivity contribution >= 4 is 25.8 Å². The molecule has 120 valence electrons. The molecule has 0 aliphatic carbocycles. The fourth-order valence-electron chi connectivity index (χ4n) is 1.32. The monoisotopic (exact) mass is 333 g/mol. The van der Waals surface area contributed by atoms with Crippen molar-refractivity contribution in [1.29, 1.82) is 0 Å². The standard InChI is InChI=1S/C13H23N3O3S2/c1-13(2,3)20(5,6)15-21(19,14-4)12-9-7-11(8-10-12)16(17)18/h7-10H,1-6H3,(H,14,15,19). The molecule has 0 spiro atoms. The Morgan fingerprint density at radius 3 is 2.00 bits per heavy atom. The number of nitrogens with one attached hydrogen (secondary N) is 1. The van der Waals surface area contributed by atoms with Crippen LogP contribution in [0.15, 0.2) is 32.9 Å². The van der Waals surface area contributed by atoms with Gasteiger partial charge in [-0.2, -0.15) is 3.77 Å². The summed E-state index contributed by atoms with van der Waals surface area (Å²) in [4.78, 5) is 10.7. The molecule has 0 bridgehead atoms. The molecule has 1 aromatic rings. The number of non-ortho nitro benzene ring substituents is 1. The van der Waals surface area contributed by atoms with Crippen LogP contribution in [0.5, 0.6) is 0 Å². The van der Waals surface area contributed by atoms with E-state index in [1.807, 2.05) is 12.5 Å². The maximum Gasteiger partial charge on any atom is 0.269 e. The quantitative estimate of drug-likeness (QED) is 0.677. The Hall–Kier alpha value is -1.12. The number of rotatable bonds is 4.